The van der Waals surface area contributed by atoms with Gasteiger partial charge in [-0.3, -0.25) is 4.79 Å². The lowest BCUT2D eigenvalue weighted by molar-refractivity contribution is -0.129. The first kappa shape index (κ1) is 13.4. The number of ketones is 1. The molecule has 4 heteroatoms. The molecule has 1 saturated heterocycles. The van der Waals surface area contributed by atoms with Crippen LogP contribution in [0.3, 0.4) is 0 Å². The highest BCUT2D eigenvalue weighted by atomic mass is 16.6. The topological polar surface area (TPSA) is 46.6 Å². The zero-order chi connectivity index (χ0) is 13.3. The summed E-state index contributed by atoms with van der Waals surface area (Å²) in [5.41, 5.74) is -0.434. The summed E-state index contributed by atoms with van der Waals surface area (Å²) in [5.74, 6) is 1.36. The molecule has 1 aliphatic carbocycles. The molecule has 0 bridgehead atoms. The lowest BCUT2D eigenvalue weighted by Crippen LogP contribution is -2.46. The number of piperidine rings is 1. The number of hydrogen-bond donors (Lipinski definition) is 0. The number of likely N-dealkylation sites (tertiary alicyclic amines) is 1. The van der Waals surface area contributed by atoms with Gasteiger partial charge < -0.3 is 9.64 Å². The number of rotatable bonds is 1. The predicted molar refractivity (Wildman–Crippen MR) is 68.3 cm³/mol. The van der Waals surface area contributed by atoms with E-state index in [1.807, 2.05) is 25.7 Å². The van der Waals surface area contributed by atoms with E-state index in [2.05, 4.69) is 0 Å². The van der Waals surface area contributed by atoms with Crippen LogP contribution in [0.5, 0.6) is 0 Å². The second kappa shape index (κ2) is 4.90. The molecule has 0 aromatic heterocycles. The normalized spacial score (nSPS) is 25.8. The molecule has 0 radical (unpaired) electrons. The number of carbonyl (C=O) groups excluding carboxylic acids is 2. The molecule has 2 fully saturated rings. The van der Waals surface area contributed by atoms with Gasteiger partial charge in [0.1, 0.15) is 11.4 Å². The number of Topliss-reactive ketones (excluding diaryl/α,β-unsaturated/α-hetero) is 1. The van der Waals surface area contributed by atoms with Crippen LogP contribution in [0, 0.1) is 11.8 Å². The van der Waals surface area contributed by atoms with E-state index in [4.69, 9.17) is 4.74 Å². The molecule has 1 heterocycles. The number of nitrogens with zero attached hydrogens (tertiary/aromatic N) is 1. The van der Waals surface area contributed by atoms with Crippen molar-refractivity contribution in [3.05, 3.63) is 0 Å². The number of carbonyl (C=O) groups is 2. The van der Waals surface area contributed by atoms with Gasteiger partial charge in [0.05, 0.1) is 0 Å². The highest BCUT2D eigenvalue weighted by molar-refractivity contribution is 5.84. The van der Waals surface area contributed by atoms with E-state index in [0.29, 0.717) is 30.5 Å². The van der Waals surface area contributed by atoms with E-state index in [1.54, 1.807) is 0 Å². The zero-order valence-corrected chi connectivity index (χ0v) is 11.6. The molecule has 102 valence electrons. The fraction of sp³-hybridized carbons (Fsp3) is 0.857. The highest BCUT2D eigenvalue weighted by Gasteiger charge is 2.37. The van der Waals surface area contributed by atoms with Crippen molar-refractivity contribution in [2.24, 2.45) is 11.8 Å². The van der Waals surface area contributed by atoms with Gasteiger partial charge in [0, 0.05) is 25.9 Å². The summed E-state index contributed by atoms with van der Waals surface area (Å²) in [7, 11) is 0. The van der Waals surface area contributed by atoms with Crippen molar-refractivity contribution >= 4 is 11.9 Å². The molecule has 4 nitrogen and oxygen atoms in total. The summed E-state index contributed by atoms with van der Waals surface area (Å²) in [4.78, 5) is 24.8. The van der Waals surface area contributed by atoms with Crippen molar-refractivity contribution in [2.45, 2.75) is 52.1 Å². The van der Waals surface area contributed by atoms with Gasteiger partial charge in [-0.2, -0.15) is 0 Å². The summed E-state index contributed by atoms with van der Waals surface area (Å²) >= 11 is 0. The molecule has 0 N–H and O–H groups in total. The molecule has 0 spiro atoms. The molecule has 1 amide bonds. The van der Waals surface area contributed by atoms with Crippen molar-refractivity contribution < 1.29 is 14.3 Å². The van der Waals surface area contributed by atoms with Crippen LogP contribution in [0.15, 0.2) is 0 Å². The first-order valence-corrected chi connectivity index (χ1v) is 6.85. The van der Waals surface area contributed by atoms with E-state index in [9.17, 15) is 9.59 Å². The maximum Gasteiger partial charge on any atom is 0.410 e. The Labute approximate surface area is 109 Å². The van der Waals surface area contributed by atoms with Gasteiger partial charge in [0.2, 0.25) is 0 Å². The second-order valence-electron chi connectivity index (χ2n) is 6.54. The maximum absolute atomic E-state index is 12.0. The van der Waals surface area contributed by atoms with Crippen molar-refractivity contribution in [3.8, 4) is 0 Å². The zero-order valence-electron chi connectivity index (χ0n) is 11.6. The first-order chi connectivity index (χ1) is 8.35. The maximum atomic E-state index is 12.0. The molecular formula is C14H23NO3. The Hall–Kier alpha value is -1.06. The molecule has 1 atom stereocenters. The van der Waals surface area contributed by atoms with Gasteiger partial charge in [-0.25, -0.2) is 4.79 Å². The first-order valence-electron chi connectivity index (χ1n) is 6.85. The van der Waals surface area contributed by atoms with E-state index in [0.717, 1.165) is 25.9 Å². The molecule has 18 heavy (non-hydrogen) atoms. The summed E-state index contributed by atoms with van der Waals surface area (Å²) < 4.78 is 5.40. The molecular weight excluding hydrogens is 230 g/mol. The van der Waals surface area contributed by atoms with Crippen LogP contribution >= 0.6 is 0 Å². The highest BCUT2D eigenvalue weighted by Crippen LogP contribution is 2.35. The van der Waals surface area contributed by atoms with Crippen molar-refractivity contribution in [3.63, 3.8) is 0 Å². The molecule has 0 aromatic rings. The molecule has 2 aliphatic rings. The lowest BCUT2D eigenvalue weighted by Gasteiger charge is -2.40. The van der Waals surface area contributed by atoms with Crippen molar-refractivity contribution in [2.75, 3.05) is 13.1 Å². The van der Waals surface area contributed by atoms with E-state index < -0.39 is 5.60 Å². The molecule has 1 aliphatic heterocycles. The summed E-state index contributed by atoms with van der Waals surface area (Å²) in [6, 6.07) is 0. The fourth-order valence-electron chi connectivity index (χ4n) is 2.75. The predicted octanol–water partition coefficient (Wildman–Crippen LogP) is 2.61. The Bertz CT molecular complexity index is 337. The third-order valence-corrected chi connectivity index (χ3v) is 3.76. The minimum absolute atomic E-state index is 0.210. The van der Waals surface area contributed by atoms with E-state index >= 15 is 0 Å². The van der Waals surface area contributed by atoms with Crippen molar-refractivity contribution in [1.29, 1.82) is 0 Å². The van der Waals surface area contributed by atoms with E-state index in [1.165, 1.54) is 0 Å². The molecule has 1 unspecified atom stereocenters. The fourth-order valence-corrected chi connectivity index (χ4v) is 2.75. The molecule has 2 rings (SSSR count). The lowest BCUT2D eigenvalue weighted by atomic mass is 9.72. The summed E-state index contributed by atoms with van der Waals surface area (Å²) in [5, 5.41) is 0. The minimum Gasteiger partial charge on any atom is -0.444 e. The Morgan fingerprint density at radius 1 is 1.28 bits per heavy atom. The van der Waals surface area contributed by atoms with Gasteiger partial charge in [-0.05, 0) is 45.4 Å². The largest absolute Gasteiger partial charge is 0.444 e. The second-order valence-corrected chi connectivity index (χ2v) is 6.54. The van der Waals surface area contributed by atoms with Crippen LogP contribution in [0.25, 0.3) is 0 Å². The average Bonchev–Trinajstić information content (AvgIpc) is 2.23. The SMILES string of the molecule is CC(C)(C)OC(=O)N1CCCC(C2CC(=O)C2)C1. The third kappa shape index (κ3) is 3.24. The smallest absolute Gasteiger partial charge is 0.410 e. The van der Waals surface area contributed by atoms with Crippen LogP contribution < -0.4 is 0 Å². The molecule has 1 saturated carbocycles. The van der Waals surface area contributed by atoms with Crippen LogP contribution in [-0.2, 0) is 9.53 Å². The molecule has 0 aromatic carbocycles. The van der Waals surface area contributed by atoms with Gasteiger partial charge in [0.25, 0.3) is 0 Å². The quantitative estimate of drug-likeness (QED) is 0.721. The summed E-state index contributed by atoms with van der Waals surface area (Å²) in [6.45, 7) is 7.20. The number of hydrogen-bond acceptors (Lipinski definition) is 3. The number of ether oxygens (including phenoxy) is 1. The van der Waals surface area contributed by atoms with Gasteiger partial charge in [-0.15, -0.1) is 0 Å². The van der Waals surface area contributed by atoms with Gasteiger partial charge >= 0.3 is 6.09 Å². The van der Waals surface area contributed by atoms with Gasteiger partial charge in [0.15, 0.2) is 0 Å². The summed E-state index contributed by atoms with van der Waals surface area (Å²) in [6.07, 6.45) is 3.38. The van der Waals surface area contributed by atoms with Crippen LogP contribution in [0.1, 0.15) is 46.5 Å². The van der Waals surface area contributed by atoms with Crippen LogP contribution in [0.4, 0.5) is 4.79 Å². The van der Waals surface area contributed by atoms with E-state index in [-0.39, 0.29) is 6.09 Å². The Kier molecular flexibility index (Phi) is 3.64. The minimum atomic E-state index is -0.434. The monoisotopic (exact) mass is 253 g/mol. The van der Waals surface area contributed by atoms with Crippen molar-refractivity contribution in [1.82, 2.24) is 4.90 Å². The van der Waals surface area contributed by atoms with Gasteiger partial charge in [-0.1, -0.05) is 0 Å². The third-order valence-electron chi connectivity index (χ3n) is 3.76. The number of amides is 1. The average molecular weight is 253 g/mol. The van der Waals surface area contributed by atoms with Crippen LogP contribution in [-0.4, -0.2) is 35.5 Å². The Morgan fingerprint density at radius 2 is 1.94 bits per heavy atom. The standard InChI is InChI=1S/C14H23NO3/c1-14(2,3)18-13(17)15-6-4-5-10(9-15)11-7-12(16)8-11/h10-11H,4-9H2,1-3H3. The van der Waals surface area contributed by atoms with Crippen LogP contribution in [0.2, 0.25) is 0 Å². The Balaban J connectivity index is 1.86. The Morgan fingerprint density at radius 3 is 2.50 bits per heavy atom.